The van der Waals surface area contributed by atoms with Crippen LogP contribution in [0.5, 0.6) is 23.0 Å². The number of azo groups is 3. The maximum atomic E-state index is 13.4. The average molecular weight is 1120 g/mol. The van der Waals surface area contributed by atoms with Crippen LogP contribution in [0.25, 0.3) is 21.5 Å². The van der Waals surface area contributed by atoms with E-state index >= 15 is 0 Å². The van der Waals surface area contributed by atoms with E-state index in [0.717, 1.165) is 66.7 Å². The summed E-state index contributed by atoms with van der Waals surface area (Å²) in [6.45, 7) is -2.04. The van der Waals surface area contributed by atoms with Gasteiger partial charge < -0.3 is 35.6 Å². The molecule has 0 aliphatic carbocycles. The van der Waals surface area contributed by atoms with Crippen LogP contribution in [0, 0.1) is 0 Å². The van der Waals surface area contributed by atoms with Gasteiger partial charge in [0.2, 0.25) is 6.04 Å². The number of aliphatic hydroxyl groups is 2. The van der Waals surface area contributed by atoms with Gasteiger partial charge in [0.1, 0.15) is 63.0 Å². The van der Waals surface area contributed by atoms with Crippen LogP contribution >= 0.6 is 11.6 Å². The average Bonchev–Trinajstić information content (AvgIpc) is 3.65. The van der Waals surface area contributed by atoms with E-state index in [1.807, 2.05) is 0 Å². The molecule has 1 heterocycles. The molecule has 6 aromatic carbocycles. The van der Waals surface area contributed by atoms with E-state index in [9.17, 15) is 81.9 Å². The van der Waals surface area contributed by atoms with Gasteiger partial charge in [-0.1, -0.05) is 11.6 Å². The number of carbonyl (C=O) groups excluding carboxylic acids is 2. The zero-order valence-corrected chi connectivity index (χ0v) is 40.6. The maximum Gasteiger partial charge on any atom is 0.296 e. The van der Waals surface area contributed by atoms with Crippen LogP contribution in [0.4, 0.5) is 34.1 Å². The normalized spacial score (nSPS) is 14.8. The fourth-order valence-electron chi connectivity index (χ4n) is 6.84. The van der Waals surface area contributed by atoms with Crippen LogP contribution in [0.3, 0.4) is 0 Å². The highest BCUT2D eigenvalue weighted by atomic mass is 35.5. The lowest BCUT2D eigenvalue weighted by Gasteiger charge is -2.14. The number of hydrogen-bond acceptors (Lipinski definition) is 23. The molecule has 0 fully saturated rings. The van der Waals surface area contributed by atoms with E-state index in [4.69, 9.17) is 26.8 Å². The Balaban J connectivity index is 1.28. The van der Waals surface area contributed by atoms with Gasteiger partial charge in [0, 0.05) is 34.4 Å². The van der Waals surface area contributed by atoms with E-state index in [2.05, 4.69) is 35.8 Å². The van der Waals surface area contributed by atoms with E-state index < -0.39 is 143 Å². The molecule has 1 atom stereocenters. The summed E-state index contributed by atoms with van der Waals surface area (Å²) < 4.78 is 147. The van der Waals surface area contributed by atoms with Gasteiger partial charge in [-0.3, -0.25) is 27.8 Å². The number of aromatic hydroxyl groups is 2. The molecule has 0 saturated heterocycles. The summed E-state index contributed by atoms with van der Waals surface area (Å²) in [6.07, 6.45) is 0. The number of benzene rings is 6. The van der Waals surface area contributed by atoms with E-state index in [1.165, 1.54) is 0 Å². The summed E-state index contributed by atoms with van der Waals surface area (Å²) >= 11 is 6.60. The number of amides is 2. The molecule has 0 aromatic heterocycles. The van der Waals surface area contributed by atoms with Gasteiger partial charge >= 0.3 is 0 Å². The predicted octanol–water partition coefficient (Wildman–Crippen LogP) is 4.96. The van der Waals surface area contributed by atoms with Crippen LogP contribution in [0.15, 0.2) is 134 Å². The number of halogens is 1. The minimum absolute atomic E-state index is 0.0700. The van der Waals surface area contributed by atoms with Crippen molar-refractivity contribution in [1.82, 2.24) is 0 Å². The van der Waals surface area contributed by atoms with Crippen LogP contribution in [0.2, 0.25) is 5.02 Å². The standard InChI is InChI=1S/C40H32ClN9O20S4/c41-34-22-15-32(74(66,67)68)35(38(54)21(22)5-6-25(34)44-48-37-36(39(42)55)49-50(40(37)56)18-1-3-19(4-2-18)71(57,58)59)47-46-27-17-29(69-11-9-51)26(16-30(27)70-12-10-52)45-43-24-7-8-31(73(63,64)65)23-13-20(72(60,61)62)14-28(53)33(23)24/h1-8,13-17,37,51-54H,9-12H2,(H2,42,55)(H,57,58,59)(H,60,61,62)(H,63,64,65)(H,66,67,68). The summed E-state index contributed by atoms with van der Waals surface area (Å²) in [5.74, 6) is -4.69. The number of ether oxygens (including phenoxy) is 2. The first-order valence-electron chi connectivity index (χ1n) is 20.0. The summed E-state index contributed by atoms with van der Waals surface area (Å²) in [4.78, 5) is 22.2. The van der Waals surface area contributed by atoms with Crippen molar-refractivity contribution >= 4 is 125 Å². The Labute approximate surface area is 420 Å². The number of nitrogens with two attached hydrogens (primary N) is 1. The molecule has 34 heteroatoms. The van der Waals surface area contributed by atoms with Crippen molar-refractivity contribution in [2.75, 3.05) is 31.4 Å². The Hall–Kier alpha value is -7.70. The van der Waals surface area contributed by atoms with Crippen molar-refractivity contribution in [3.63, 3.8) is 0 Å². The number of aliphatic hydroxyl groups excluding tert-OH is 2. The Morgan fingerprint density at radius 1 is 0.635 bits per heavy atom. The molecule has 0 radical (unpaired) electrons. The zero-order valence-electron chi connectivity index (χ0n) is 36.6. The van der Waals surface area contributed by atoms with E-state index in [-0.39, 0.29) is 50.7 Å². The van der Waals surface area contributed by atoms with Crippen molar-refractivity contribution in [2.45, 2.75) is 25.6 Å². The highest BCUT2D eigenvalue weighted by molar-refractivity contribution is 7.86. The van der Waals surface area contributed by atoms with Crippen LogP contribution in [-0.2, 0) is 50.1 Å². The lowest BCUT2D eigenvalue weighted by molar-refractivity contribution is -0.118. The number of phenols is 2. The second-order valence-corrected chi connectivity index (χ2v) is 20.9. The molecule has 29 nitrogen and oxygen atoms in total. The molecule has 0 bridgehead atoms. The Bertz CT molecular complexity index is 3940. The molecule has 7 rings (SSSR count). The van der Waals surface area contributed by atoms with Gasteiger partial charge in [-0.05, 0) is 60.7 Å². The smallest absolute Gasteiger partial charge is 0.296 e. The summed E-state index contributed by atoms with van der Waals surface area (Å²) in [7, 11) is -20.1. The van der Waals surface area contributed by atoms with Gasteiger partial charge in [-0.25, -0.2) is 0 Å². The van der Waals surface area contributed by atoms with Gasteiger partial charge in [-0.2, -0.15) is 54.0 Å². The largest absolute Gasteiger partial charge is 0.507 e. The molecule has 10 N–H and O–H groups in total. The second kappa shape index (κ2) is 20.7. The van der Waals surface area contributed by atoms with Crippen LogP contribution in [0.1, 0.15) is 0 Å². The summed E-state index contributed by atoms with van der Waals surface area (Å²) in [5.41, 5.74) is 2.58. The molecule has 388 valence electrons. The molecular weight excluding hydrogens is 1090 g/mol. The minimum Gasteiger partial charge on any atom is -0.507 e. The quantitative estimate of drug-likeness (QED) is 0.0405. The maximum absolute atomic E-state index is 13.4. The molecule has 1 aliphatic heterocycles. The number of hydrazone groups is 1. The second-order valence-electron chi connectivity index (χ2n) is 14.9. The third-order valence-electron chi connectivity index (χ3n) is 10.1. The fraction of sp³-hybridized carbons (Fsp3) is 0.125. The number of fused-ring (bicyclic) bond motifs is 2. The molecule has 0 saturated carbocycles. The highest BCUT2D eigenvalue weighted by Crippen LogP contribution is 2.48. The summed E-state index contributed by atoms with van der Waals surface area (Å²) in [5, 5.41) is 67.7. The third-order valence-corrected chi connectivity index (χ3v) is 14.0. The first-order valence-corrected chi connectivity index (χ1v) is 26.2. The Morgan fingerprint density at radius 3 is 1.73 bits per heavy atom. The molecule has 6 aromatic rings. The number of anilines is 1. The van der Waals surface area contributed by atoms with Crippen LogP contribution < -0.4 is 20.2 Å². The molecule has 2 amide bonds. The van der Waals surface area contributed by atoms with E-state index in [0.29, 0.717) is 17.1 Å². The topological polar surface area (TPSA) is 467 Å². The van der Waals surface area contributed by atoms with Crippen molar-refractivity contribution < 1.29 is 91.4 Å². The number of hydrogen-bond donors (Lipinski definition) is 9. The van der Waals surface area contributed by atoms with Crippen molar-refractivity contribution in [2.24, 2.45) is 41.5 Å². The zero-order chi connectivity index (χ0) is 54.2. The van der Waals surface area contributed by atoms with Gasteiger partial charge in [0.15, 0.2) is 11.5 Å². The lowest BCUT2D eigenvalue weighted by Crippen LogP contribution is -2.35. The minimum atomic E-state index is -5.34. The molecule has 0 spiro atoms. The third kappa shape index (κ3) is 11.3. The van der Waals surface area contributed by atoms with Crippen molar-refractivity contribution in [3.8, 4) is 23.0 Å². The first-order chi connectivity index (χ1) is 34.6. The Kier molecular flexibility index (Phi) is 15.1. The fourth-order valence-corrected chi connectivity index (χ4v) is 9.43. The molecular formula is C40H32ClN9O20S4. The number of carbonyl (C=O) groups is 2. The number of primary amides is 1. The van der Waals surface area contributed by atoms with Gasteiger partial charge in [0.25, 0.3) is 52.3 Å². The number of phenolic OH excluding ortho intramolecular Hbond substituents is 2. The molecule has 1 unspecified atom stereocenters. The van der Waals surface area contributed by atoms with Gasteiger partial charge in [0.05, 0.1) is 44.8 Å². The molecule has 1 aliphatic rings. The first kappa shape index (κ1) is 54.1. The SMILES string of the molecule is NC(=O)C1=NN(c2ccc(S(=O)(=O)O)cc2)C(=O)C1N=Nc1ccc2c(O)c(N=Nc3cc(OCCO)c(N=Nc4ccc(S(=O)(=O)O)c5cc(S(=O)(=O)O)cc(O)c45)cc3OCCO)c(S(=O)(=O)O)cc2c1Cl. The Morgan fingerprint density at radius 2 is 1.19 bits per heavy atom. The summed E-state index contributed by atoms with van der Waals surface area (Å²) in [6, 6.07) is 10.4. The lowest BCUT2D eigenvalue weighted by atomic mass is 10.1. The number of rotatable bonds is 18. The molecule has 74 heavy (non-hydrogen) atoms. The van der Waals surface area contributed by atoms with Crippen molar-refractivity contribution in [3.05, 3.63) is 83.9 Å². The van der Waals surface area contributed by atoms with Gasteiger partial charge in [-0.15, -0.1) is 20.5 Å². The van der Waals surface area contributed by atoms with Crippen LogP contribution in [-0.4, -0.2) is 122 Å². The predicted molar refractivity (Wildman–Crippen MR) is 254 cm³/mol. The monoisotopic (exact) mass is 1120 g/mol. The van der Waals surface area contributed by atoms with E-state index in [1.54, 1.807) is 0 Å². The van der Waals surface area contributed by atoms with Crippen molar-refractivity contribution in [1.29, 1.82) is 0 Å². The number of nitrogens with zero attached hydrogens (tertiary/aromatic N) is 8. The highest BCUT2D eigenvalue weighted by Gasteiger charge is 2.40.